The fraction of sp³-hybridized carbons (Fsp3) is 0.700. The molecule has 0 aliphatic rings. The highest BCUT2D eigenvalue weighted by Crippen LogP contribution is 1.96. The molecule has 0 heterocycles. The Balaban J connectivity index is 3.90. The van der Waals surface area contributed by atoms with E-state index in [0.717, 1.165) is 0 Å². The molecule has 0 fully saturated rings. The van der Waals surface area contributed by atoms with Gasteiger partial charge in [0.1, 0.15) is 6.04 Å². The fourth-order valence-electron chi connectivity index (χ4n) is 1.14. The highest BCUT2D eigenvalue weighted by atomic mass is 16.5. The molecule has 0 saturated heterocycles. The van der Waals surface area contributed by atoms with Crippen LogP contribution >= 0.6 is 0 Å². The average Bonchev–Trinajstić information content (AvgIpc) is 2.28. The van der Waals surface area contributed by atoms with Crippen molar-refractivity contribution in [3.05, 3.63) is 0 Å². The third-order valence-electron chi connectivity index (χ3n) is 2.02. The van der Waals surface area contributed by atoms with Crippen LogP contribution in [0, 0.1) is 0 Å². The third kappa shape index (κ3) is 7.15. The SMILES string of the molecule is CCC[C@H](NC(=O)NCCC(=O)OC)C(=O)O. The number of carbonyl (C=O) groups excluding carboxylic acids is 2. The van der Waals surface area contributed by atoms with Crippen LogP contribution in [0.5, 0.6) is 0 Å². The lowest BCUT2D eigenvalue weighted by Gasteiger charge is -2.13. The summed E-state index contributed by atoms with van der Waals surface area (Å²) in [5, 5.41) is 13.5. The Hall–Kier alpha value is -1.79. The van der Waals surface area contributed by atoms with Crippen molar-refractivity contribution < 1.29 is 24.2 Å². The Labute approximate surface area is 99.5 Å². The first-order valence-electron chi connectivity index (χ1n) is 5.35. The van der Waals surface area contributed by atoms with Crippen molar-refractivity contribution in [2.75, 3.05) is 13.7 Å². The van der Waals surface area contributed by atoms with Crippen LogP contribution in [0.25, 0.3) is 0 Å². The number of urea groups is 1. The van der Waals surface area contributed by atoms with Crippen LogP contribution in [-0.4, -0.2) is 42.8 Å². The fourth-order valence-corrected chi connectivity index (χ4v) is 1.14. The van der Waals surface area contributed by atoms with Gasteiger partial charge in [0.05, 0.1) is 13.5 Å². The van der Waals surface area contributed by atoms with E-state index in [9.17, 15) is 14.4 Å². The van der Waals surface area contributed by atoms with E-state index in [4.69, 9.17) is 5.11 Å². The van der Waals surface area contributed by atoms with Gasteiger partial charge in [-0.2, -0.15) is 0 Å². The molecule has 0 radical (unpaired) electrons. The summed E-state index contributed by atoms with van der Waals surface area (Å²) in [5.74, 6) is -1.51. The second-order valence-corrected chi connectivity index (χ2v) is 3.41. The van der Waals surface area contributed by atoms with Crippen molar-refractivity contribution in [2.24, 2.45) is 0 Å². The van der Waals surface area contributed by atoms with Gasteiger partial charge in [-0.1, -0.05) is 13.3 Å². The Morgan fingerprint density at radius 3 is 2.47 bits per heavy atom. The van der Waals surface area contributed by atoms with Crippen LogP contribution < -0.4 is 10.6 Å². The monoisotopic (exact) mass is 246 g/mol. The second kappa shape index (κ2) is 8.37. The van der Waals surface area contributed by atoms with Crippen molar-refractivity contribution in [1.82, 2.24) is 10.6 Å². The van der Waals surface area contributed by atoms with Gasteiger partial charge in [-0.15, -0.1) is 0 Å². The lowest BCUT2D eigenvalue weighted by Crippen LogP contribution is -2.46. The molecule has 0 saturated carbocycles. The molecule has 0 unspecified atom stereocenters. The maximum absolute atomic E-state index is 11.3. The number of aliphatic carboxylic acids is 1. The van der Waals surface area contributed by atoms with Crippen molar-refractivity contribution >= 4 is 18.0 Å². The molecule has 0 aromatic carbocycles. The summed E-state index contributed by atoms with van der Waals surface area (Å²) in [7, 11) is 1.25. The lowest BCUT2D eigenvalue weighted by molar-refractivity contribution is -0.141. The summed E-state index contributed by atoms with van der Waals surface area (Å²) in [5.41, 5.74) is 0. The number of amides is 2. The smallest absolute Gasteiger partial charge is 0.326 e. The molecule has 0 spiro atoms. The molecule has 0 aromatic heterocycles. The number of ether oxygens (including phenoxy) is 1. The van der Waals surface area contributed by atoms with Gasteiger partial charge in [0.15, 0.2) is 0 Å². The second-order valence-electron chi connectivity index (χ2n) is 3.41. The number of carboxylic acids is 1. The highest BCUT2D eigenvalue weighted by molar-refractivity contribution is 5.82. The predicted molar refractivity (Wildman–Crippen MR) is 59.5 cm³/mol. The summed E-state index contributed by atoms with van der Waals surface area (Å²) in [6.07, 6.45) is 1.06. The van der Waals surface area contributed by atoms with Gasteiger partial charge < -0.3 is 20.5 Å². The average molecular weight is 246 g/mol. The molecule has 0 bridgehead atoms. The normalized spacial score (nSPS) is 11.4. The molecule has 7 heteroatoms. The minimum absolute atomic E-state index is 0.0510. The van der Waals surface area contributed by atoms with E-state index < -0.39 is 24.0 Å². The van der Waals surface area contributed by atoms with E-state index in [2.05, 4.69) is 15.4 Å². The van der Waals surface area contributed by atoms with Gasteiger partial charge in [-0.3, -0.25) is 4.79 Å². The largest absolute Gasteiger partial charge is 0.480 e. The molecule has 0 rings (SSSR count). The van der Waals surface area contributed by atoms with Crippen LogP contribution in [0.15, 0.2) is 0 Å². The molecular formula is C10H18N2O5. The number of carbonyl (C=O) groups is 3. The number of hydrogen-bond donors (Lipinski definition) is 3. The minimum atomic E-state index is -1.07. The number of esters is 1. The number of methoxy groups -OCH3 is 1. The Morgan fingerprint density at radius 1 is 1.35 bits per heavy atom. The molecule has 2 amide bonds. The molecule has 98 valence electrons. The number of nitrogens with one attached hydrogen (secondary N) is 2. The minimum Gasteiger partial charge on any atom is -0.480 e. The Kier molecular flexibility index (Phi) is 7.49. The predicted octanol–water partition coefficient (Wildman–Crippen LogP) is 0.102. The molecule has 1 atom stereocenters. The van der Waals surface area contributed by atoms with Crippen LogP contribution in [-0.2, 0) is 14.3 Å². The summed E-state index contributed by atoms with van der Waals surface area (Å²) in [6, 6.07) is -1.51. The lowest BCUT2D eigenvalue weighted by atomic mass is 10.2. The van der Waals surface area contributed by atoms with Crippen molar-refractivity contribution in [2.45, 2.75) is 32.2 Å². The summed E-state index contributed by atoms with van der Waals surface area (Å²) < 4.78 is 4.39. The van der Waals surface area contributed by atoms with Gasteiger partial charge in [-0.25, -0.2) is 9.59 Å². The van der Waals surface area contributed by atoms with Gasteiger partial charge in [0.2, 0.25) is 0 Å². The molecule has 0 aromatic rings. The molecule has 7 nitrogen and oxygen atoms in total. The summed E-state index contributed by atoms with van der Waals surface area (Å²) in [6.45, 7) is 1.93. The number of carboxylic acid groups (broad SMARTS) is 1. The Bertz CT molecular complexity index is 280. The van der Waals surface area contributed by atoms with Crippen molar-refractivity contribution in [3.8, 4) is 0 Å². The van der Waals surface area contributed by atoms with Crippen LogP contribution in [0.2, 0.25) is 0 Å². The molecule has 0 aliphatic heterocycles. The van der Waals surface area contributed by atoms with Gasteiger partial charge in [0, 0.05) is 6.54 Å². The molecule has 17 heavy (non-hydrogen) atoms. The maximum Gasteiger partial charge on any atom is 0.326 e. The van der Waals surface area contributed by atoms with Gasteiger partial charge in [-0.05, 0) is 6.42 Å². The summed E-state index contributed by atoms with van der Waals surface area (Å²) >= 11 is 0. The zero-order valence-corrected chi connectivity index (χ0v) is 9.99. The summed E-state index contributed by atoms with van der Waals surface area (Å²) in [4.78, 5) is 32.7. The van der Waals surface area contributed by atoms with E-state index in [1.807, 2.05) is 6.92 Å². The number of hydrogen-bond acceptors (Lipinski definition) is 4. The van der Waals surface area contributed by atoms with Gasteiger partial charge in [0.25, 0.3) is 0 Å². The zero-order valence-electron chi connectivity index (χ0n) is 9.99. The zero-order chi connectivity index (χ0) is 13.3. The molecule has 0 aliphatic carbocycles. The van der Waals surface area contributed by atoms with Crippen LogP contribution in [0.3, 0.4) is 0 Å². The van der Waals surface area contributed by atoms with E-state index >= 15 is 0 Å². The number of rotatable bonds is 7. The molecular weight excluding hydrogens is 228 g/mol. The quantitative estimate of drug-likeness (QED) is 0.553. The standard InChI is InChI=1S/C10H18N2O5/c1-3-4-7(9(14)15)12-10(16)11-6-5-8(13)17-2/h7H,3-6H2,1-2H3,(H,14,15)(H2,11,12,16)/t7-/m0/s1. The third-order valence-corrected chi connectivity index (χ3v) is 2.02. The van der Waals surface area contributed by atoms with E-state index in [-0.39, 0.29) is 13.0 Å². The first-order valence-corrected chi connectivity index (χ1v) is 5.35. The molecule has 3 N–H and O–H groups in total. The van der Waals surface area contributed by atoms with Crippen molar-refractivity contribution in [1.29, 1.82) is 0 Å². The van der Waals surface area contributed by atoms with E-state index in [0.29, 0.717) is 12.8 Å². The van der Waals surface area contributed by atoms with Crippen LogP contribution in [0.1, 0.15) is 26.2 Å². The maximum atomic E-state index is 11.3. The Morgan fingerprint density at radius 2 is 2.00 bits per heavy atom. The first-order chi connectivity index (χ1) is 8.01. The van der Waals surface area contributed by atoms with E-state index in [1.165, 1.54) is 7.11 Å². The highest BCUT2D eigenvalue weighted by Gasteiger charge is 2.18. The van der Waals surface area contributed by atoms with Gasteiger partial charge >= 0.3 is 18.0 Å². The van der Waals surface area contributed by atoms with E-state index in [1.54, 1.807) is 0 Å². The van der Waals surface area contributed by atoms with Crippen molar-refractivity contribution in [3.63, 3.8) is 0 Å². The van der Waals surface area contributed by atoms with Crippen LogP contribution in [0.4, 0.5) is 4.79 Å². The topological polar surface area (TPSA) is 105 Å². The first kappa shape index (κ1) is 15.2.